The second kappa shape index (κ2) is 5.93. The van der Waals surface area contributed by atoms with E-state index < -0.39 is 0 Å². The van der Waals surface area contributed by atoms with Crippen LogP contribution in [0.15, 0.2) is 47.3 Å². The smallest absolute Gasteiger partial charge is 0.137 e. The minimum atomic E-state index is -0.0939. The predicted molar refractivity (Wildman–Crippen MR) is 81.2 cm³/mol. The van der Waals surface area contributed by atoms with Gasteiger partial charge in [0.1, 0.15) is 23.9 Å². The van der Waals surface area contributed by atoms with Crippen molar-refractivity contribution in [2.24, 2.45) is 0 Å². The van der Waals surface area contributed by atoms with Crippen molar-refractivity contribution in [2.75, 3.05) is 19.0 Å². The molecule has 0 saturated heterocycles. The van der Waals surface area contributed by atoms with E-state index >= 15 is 0 Å². The lowest BCUT2D eigenvalue weighted by Crippen LogP contribution is -2.16. The number of nitrogens with one attached hydrogen (secondary N) is 1. The molecule has 0 aliphatic heterocycles. The summed E-state index contributed by atoms with van der Waals surface area (Å²) in [5.41, 5.74) is 2.08. The highest BCUT2D eigenvalue weighted by atomic mass is 16.5. The van der Waals surface area contributed by atoms with Gasteiger partial charge in [-0.3, -0.25) is 0 Å². The molecule has 1 N–H and O–H groups in total. The van der Waals surface area contributed by atoms with Gasteiger partial charge in [0.25, 0.3) is 0 Å². The number of aromatic nitrogens is 2. The minimum absolute atomic E-state index is 0.0939. The van der Waals surface area contributed by atoms with Crippen LogP contribution in [0.5, 0.6) is 0 Å². The zero-order valence-electron chi connectivity index (χ0n) is 12.0. The van der Waals surface area contributed by atoms with Gasteiger partial charge in [0.2, 0.25) is 0 Å². The number of aryl methyl sites for hydroxylation is 1. The molecule has 0 bridgehead atoms. The second-order valence-corrected chi connectivity index (χ2v) is 4.91. The first-order chi connectivity index (χ1) is 10.3. The Morgan fingerprint density at radius 1 is 1.29 bits per heavy atom. The maximum Gasteiger partial charge on any atom is 0.137 e. The molecule has 1 atom stereocenters. The Bertz CT molecular complexity index is 725. The van der Waals surface area contributed by atoms with Gasteiger partial charge in [0.15, 0.2) is 0 Å². The first kappa shape index (κ1) is 13.6. The number of anilines is 1. The van der Waals surface area contributed by atoms with Crippen molar-refractivity contribution in [3.8, 4) is 0 Å². The van der Waals surface area contributed by atoms with Crippen LogP contribution >= 0.6 is 0 Å². The number of benzene rings is 1. The third-order valence-corrected chi connectivity index (χ3v) is 3.32. The number of hydrogen-bond donors (Lipinski definition) is 1. The first-order valence-electron chi connectivity index (χ1n) is 6.78. The van der Waals surface area contributed by atoms with Crippen molar-refractivity contribution in [1.29, 1.82) is 0 Å². The lowest BCUT2D eigenvalue weighted by Gasteiger charge is -2.17. The van der Waals surface area contributed by atoms with Gasteiger partial charge < -0.3 is 14.5 Å². The number of fused-ring (bicyclic) bond motifs is 1. The molecule has 2 aromatic heterocycles. The van der Waals surface area contributed by atoms with E-state index in [-0.39, 0.29) is 6.04 Å². The number of ether oxygens (including phenoxy) is 1. The third kappa shape index (κ3) is 2.87. The molecule has 108 valence electrons. The number of rotatable bonds is 5. The fraction of sp³-hybridized carbons (Fsp3) is 0.250. The van der Waals surface area contributed by atoms with Crippen molar-refractivity contribution in [1.82, 2.24) is 9.97 Å². The number of hydrogen-bond acceptors (Lipinski definition) is 5. The Balaban J connectivity index is 1.97. The molecule has 1 unspecified atom stereocenters. The lowest BCUT2D eigenvalue weighted by atomic mass is 10.1. The average molecular weight is 283 g/mol. The quantitative estimate of drug-likeness (QED) is 0.778. The molecule has 5 nitrogen and oxygen atoms in total. The number of methoxy groups -OCH3 is 1. The molecular formula is C16H17N3O2. The molecule has 21 heavy (non-hydrogen) atoms. The molecule has 1 aromatic carbocycles. The molecule has 0 aliphatic rings. The third-order valence-electron chi connectivity index (χ3n) is 3.32. The summed E-state index contributed by atoms with van der Waals surface area (Å²) in [5, 5.41) is 4.37. The highest BCUT2D eigenvalue weighted by Crippen LogP contribution is 2.25. The Morgan fingerprint density at radius 3 is 2.95 bits per heavy atom. The van der Waals surface area contributed by atoms with Crippen LogP contribution in [0.2, 0.25) is 0 Å². The van der Waals surface area contributed by atoms with Gasteiger partial charge in [-0.1, -0.05) is 11.6 Å². The molecule has 0 saturated carbocycles. The number of nitrogens with zero attached hydrogens (tertiary/aromatic N) is 2. The second-order valence-electron chi connectivity index (χ2n) is 4.91. The Labute approximate surface area is 123 Å². The fourth-order valence-electron chi connectivity index (χ4n) is 2.30. The van der Waals surface area contributed by atoms with E-state index in [0.717, 1.165) is 22.5 Å². The van der Waals surface area contributed by atoms with Gasteiger partial charge in [-0.25, -0.2) is 9.97 Å². The van der Waals surface area contributed by atoms with Crippen LogP contribution in [0, 0.1) is 6.92 Å². The topological polar surface area (TPSA) is 60.2 Å². The normalized spacial score (nSPS) is 12.5. The molecule has 0 spiro atoms. The zero-order valence-corrected chi connectivity index (χ0v) is 12.0. The van der Waals surface area contributed by atoms with Gasteiger partial charge in [-0.05, 0) is 31.2 Å². The minimum Gasteiger partial charge on any atom is -0.467 e. The highest BCUT2D eigenvalue weighted by molar-refractivity contribution is 5.89. The Morgan fingerprint density at radius 2 is 2.19 bits per heavy atom. The maximum atomic E-state index is 5.47. The number of furan rings is 1. The van der Waals surface area contributed by atoms with Crippen molar-refractivity contribution in [3.63, 3.8) is 0 Å². The van der Waals surface area contributed by atoms with E-state index in [9.17, 15) is 0 Å². The Hall–Kier alpha value is -2.40. The van der Waals surface area contributed by atoms with Crippen LogP contribution in [-0.2, 0) is 4.74 Å². The van der Waals surface area contributed by atoms with E-state index in [1.807, 2.05) is 24.3 Å². The highest BCUT2D eigenvalue weighted by Gasteiger charge is 2.16. The average Bonchev–Trinajstić information content (AvgIpc) is 3.01. The van der Waals surface area contributed by atoms with Gasteiger partial charge in [-0.15, -0.1) is 0 Å². The lowest BCUT2D eigenvalue weighted by molar-refractivity contribution is 0.178. The summed E-state index contributed by atoms with van der Waals surface area (Å²) in [6.07, 6.45) is 3.22. The van der Waals surface area contributed by atoms with E-state index in [4.69, 9.17) is 9.15 Å². The molecule has 0 fully saturated rings. The molecule has 0 amide bonds. The van der Waals surface area contributed by atoms with E-state index in [2.05, 4.69) is 28.3 Å². The fourth-order valence-corrected chi connectivity index (χ4v) is 2.30. The summed E-state index contributed by atoms with van der Waals surface area (Å²) in [6.45, 7) is 2.54. The van der Waals surface area contributed by atoms with Crippen LogP contribution in [0.1, 0.15) is 17.4 Å². The van der Waals surface area contributed by atoms with Gasteiger partial charge >= 0.3 is 0 Å². The van der Waals surface area contributed by atoms with E-state index in [0.29, 0.717) is 6.61 Å². The van der Waals surface area contributed by atoms with Crippen molar-refractivity contribution >= 4 is 16.7 Å². The largest absolute Gasteiger partial charge is 0.467 e. The van der Waals surface area contributed by atoms with Crippen molar-refractivity contribution in [2.45, 2.75) is 13.0 Å². The van der Waals surface area contributed by atoms with Crippen molar-refractivity contribution < 1.29 is 9.15 Å². The van der Waals surface area contributed by atoms with E-state index in [1.54, 1.807) is 19.7 Å². The van der Waals surface area contributed by atoms with Gasteiger partial charge in [0.05, 0.1) is 18.4 Å². The summed E-state index contributed by atoms with van der Waals surface area (Å²) in [5.74, 6) is 1.60. The molecule has 3 rings (SSSR count). The summed E-state index contributed by atoms with van der Waals surface area (Å²) in [6, 6.07) is 9.80. The maximum absolute atomic E-state index is 5.47. The first-order valence-corrected chi connectivity index (χ1v) is 6.78. The van der Waals surface area contributed by atoms with Crippen LogP contribution in [0.25, 0.3) is 10.9 Å². The summed E-state index contributed by atoms with van der Waals surface area (Å²) < 4.78 is 10.7. The molecule has 5 heteroatoms. The predicted octanol–water partition coefficient (Wildman–Crippen LogP) is 3.33. The Kier molecular flexibility index (Phi) is 3.83. The van der Waals surface area contributed by atoms with Crippen LogP contribution in [0.4, 0.5) is 5.82 Å². The summed E-state index contributed by atoms with van der Waals surface area (Å²) >= 11 is 0. The van der Waals surface area contributed by atoms with Crippen LogP contribution in [0.3, 0.4) is 0 Å². The standard InChI is InChI=1S/C16H17N3O2/c1-11-5-6-13-12(8-11)16(18-10-17-13)19-14(9-20-2)15-4-3-7-21-15/h3-8,10,14H,9H2,1-2H3,(H,17,18,19). The monoisotopic (exact) mass is 283 g/mol. The molecule has 0 aliphatic carbocycles. The zero-order chi connectivity index (χ0) is 14.7. The van der Waals surface area contributed by atoms with E-state index in [1.165, 1.54) is 5.56 Å². The summed E-state index contributed by atoms with van der Waals surface area (Å²) in [7, 11) is 1.67. The summed E-state index contributed by atoms with van der Waals surface area (Å²) in [4.78, 5) is 8.65. The van der Waals surface area contributed by atoms with Gasteiger partial charge in [0, 0.05) is 12.5 Å². The van der Waals surface area contributed by atoms with Crippen LogP contribution < -0.4 is 5.32 Å². The van der Waals surface area contributed by atoms with Crippen molar-refractivity contribution in [3.05, 3.63) is 54.2 Å². The molecule has 2 heterocycles. The molecule has 0 radical (unpaired) electrons. The molecule has 3 aromatic rings. The van der Waals surface area contributed by atoms with Gasteiger partial charge in [-0.2, -0.15) is 0 Å². The molecular weight excluding hydrogens is 266 g/mol. The van der Waals surface area contributed by atoms with Crippen LogP contribution in [-0.4, -0.2) is 23.7 Å². The SMILES string of the molecule is COCC(Nc1ncnc2ccc(C)cc12)c1ccco1.